The van der Waals surface area contributed by atoms with Crippen LogP contribution in [0, 0.1) is 0 Å². The molecule has 21 heavy (non-hydrogen) atoms. The summed E-state index contributed by atoms with van der Waals surface area (Å²) in [6, 6.07) is 5.90. The van der Waals surface area contributed by atoms with Crippen molar-refractivity contribution in [3.8, 4) is 5.88 Å². The van der Waals surface area contributed by atoms with E-state index in [2.05, 4.69) is 35.5 Å². The van der Waals surface area contributed by atoms with Gasteiger partial charge in [-0.1, -0.05) is 13.8 Å². The predicted molar refractivity (Wildman–Crippen MR) is 79.7 cm³/mol. The third-order valence-corrected chi connectivity index (χ3v) is 3.62. The zero-order valence-corrected chi connectivity index (χ0v) is 12.4. The van der Waals surface area contributed by atoms with E-state index in [1.807, 2.05) is 12.1 Å². The summed E-state index contributed by atoms with van der Waals surface area (Å²) in [5.41, 5.74) is 6.35. The topological polar surface area (TPSA) is 68.0 Å². The third kappa shape index (κ3) is 2.37. The van der Waals surface area contributed by atoms with Crippen LogP contribution in [0.15, 0.2) is 23.3 Å². The highest BCUT2D eigenvalue weighted by Crippen LogP contribution is 2.25. The highest BCUT2D eigenvalue weighted by Gasteiger charge is 2.19. The van der Waals surface area contributed by atoms with Gasteiger partial charge in [-0.3, -0.25) is 4.79 Å². The number of pyridine rings is 1. The van der Waals surface area contributed by atoms with E-state index in [4.69, 9.17) is 4.74 Å². The van der Waals surface area contributed by atoms with Crippen LogP contribution < -0.4 is 10.2 Å². The third-order valence-electron chi connectivity index (χ3n) is 3.62. The van der Waals surface area contributed by atoms with Gasteiger partial charge in [0, 0.05) is 24.5 Å². The summed E-state index contributed by atoms with van der Waals surface area (Å²) >= 11 is 0. The van der Waals surface area contributed by atoms with E-state index in [0.29, 0.717) is 24.6 Å². The Balaban J connectivity index is 2.17. The Kier molecular flexibility index (Phi) is 3.37. The van der Waals surface area contributed by atoms with E-state index >= 15 is 0 Å². The second-order valence-electron chi connectivity index (χ2n) is 5.40. The lowest BCUT2D eigenvalue weighted by molar-refractivity contribution is -0.121. The van der Waals surface area contributed by atoms with E-state index in [0.717, 1.165) is 22.5 Å². The Morgan fingerprint density at radius 2 is 2.14 bits per heavy atom. The molecule has 0 aliphatic carbocycles. The van der Waals surface area contributed by atoms with Crippen molar-refractivity contribution in [1.29, 1.82) is 0 Å². The van der Waals surface area contributed by atoms with Gasteiger partial charge in [-0.15, -0.1) is 0 Å². The van der Waals surface area contributed by atoms with Gasteiger partial charge in [0.1, 0.15) is 0 Å². The largest absolute Gasteiger partial charge is 0.481 e. The number of amides is 1. The van der Waals surface area contributed by atoms with Crippen LogP contribution in [0.1, 0.15) is 43.9 Å². The number of hydrazone groups is 1. The summed E-state index contributed by atoms with van der Waals surface area (Å²) in [6.07, 6.45) is 1.10. The summed E-state index contributed by atoms with van der Waals surface area (Å²) < 4.78 is 7.17. The normalized spacial score (nSPS) is 15.2. The number of ether oxygens (including phenoxy) is 1. The van der Waals surface area contributed by atoms with Gasteiger partial charge in [-0.2, -0.15) is 10.2 Å². The average Bonchev–Trinajstić information content (AvgIpc) is 2.92. The first-order valence-electron chi connectivity index (χ1n) is 7.02. The molecule has 1 aliphatic heterocycles. The lowest BCUT2D eigenvalue weighted by atomic mass is 10.0. The number of hydrogen-bond donors (Lipinski definition) is 1. The SMILES string of the molecule is COc1ccc(C2=NNC(=O)CC2)c2cc(C(C)C)nn12. The number of carbonyl (C=O) groups is 1. The maximum atomic E-state index is 11.2. The first-order chi connectivity index (χ1) is 10.1. The Hall–Kier alpha value is -2.37. The number of nitrogens with one attached hydrogen (secondary N) is 1. The number of hydrogen-bond acceptors (Lipinski definition) is 4. The van der Waals surface area contributed by atoms with Crippen molar-refractivity contribution >= 4 is 17.1 Å². The molecule has 1 amide bonds. The lowest BCUT2D eigenvalue weighted by Gasteiger charge is -2.14. The van der Waals surface area contributed by atoms with Gasteiger partial charge in [-0.05, 0) is 18.1 Å². The van der Waals surface area contributed by atoms with Crippen molar-refractivity contribution in [3.63, 3.8) is 0 Å². The maximum absolute atomic E-state index is 11.2. The van der Waals surface area contributed by atoms with Crippen molar-refractivity contribution in [1.82, 2.24) is 15.0 Å². The fourth-order valence-corrected chi connectivity index (χ4v) is 2.42. The molecule has 0 atom stereocenters. The molecular formula is C15H18N4O2. The molecule has 0 unspecified atom stereocenters. The minimum atomic E-state index is -0.0420. The molecule has 0 saturated carbocycles. The molecule has 110 valence electrons. The van der Waals surface area contributed by atoms with Gasteiger partial charge >= 0.3 is 0 Å². The lowest BCUT2D eigenvalue weighted by Crippen LogP contribution is -2.26. The molecule has 6 nitrogen and oxygen atoms in total. The van der Waals surface area contributed by atoms with Crippen molar-refractivity contribution < 1.29 is 9.53 Å². The quantitative estimate of drug-likeness (QED) is 0.939. The van der Waals surface area contributed by atoms with Crippen molar-refractivity contribution in [3.05, 3.63) is 29.5 Å². The Morgan fingerprint density at radius 3 is 2.76 bits per heavy atom. The monoisotopic (exact) mass is 286 g/mol. The summed E-state index contributed by atoms with van der Waals surface area (Å²) in [5, 5.41) is 8.78. The summed E-state index contributed by atoms with van der Waals surface area (Å²) in [6.45, 7) is 4.21. The van der Waals surface area contributed by atoms with Gasteiger partial charge in [0.25, 0.3) is 0 Å². The highest BCUT2D eigenvalue weighted by atomic mass is 16.5. The van der Waals surface area contributed by atoms with Gasteiger partial charge in [-0.25, -0.2) is 9.94 Å². The number of nitrogens with zero attached hydrogens (tertiary/aromatic N) is 3. The van der Waals surface area contributed by atoms with Crippen molar-refractivity contribution in [2.24, 2.45) is 5.10 Å². The number of methoxy groups -OCH3 is 1. The zero-order chi connectivity index (χ0) is 15.0. The van der Waals surface area contributed by atoms with Crippen LogP contribution in [-0.4, -0.2) is 28.3 Å². The molecule has 2 aromatic rings. The summed E-state index contributed by atoms with van der Waals surface area (Å²) in [5.74, 6) is 0.969. The van der Waals surface area contributed by atoms with Crippen LogP contribution in [-0.2, 0) is 4.79 Å². The number of carbonyl (C=O) groups excluding carboxylic acids is 1. The Morgan fingerprint density at radius 1 is 1.33 bits per heavy atom. The minimum Gasteiger partial charge on any atom is -0.481 e. The molecule has 0 aromatic carbocycles. The second-order valence-corrected chi connectivity index (χ2v) is 5.40. The molecule has 0 fully saturated rings. The van der Waals surface area contributed by atoms with E-state index in [-0.39, 0.29) is 5.91 Å². The summed E-state index contributed by atoms with van der Waals surface area (Å²) in [7, 11) is 1.63. The number of rotatable bonds is 3. The van der Waals surface area contributed by atoms with Gasteiger partial charge in [0.2, 0.25) is 11.8 Å². The van der Waals surface area contributed by atoms with E-state index < -0.39 is 0 Å². The standard InChI is InChI=1S/C15H18N4O2/c1-9(2)12-8-13-10(11-5-6-14(20)17-16-11)4-7-15(21-3)19(13)18-12/h4,7-9H,5-6H2,1-3H3,(H,17,20). The molecule has 2 aromatic heterocycles. The van der Waals surface area contributed by atoms with E-state index in [9.17, 15) is 4.79 Å². The van der Waals surface area contributed by atoms with Crippen LogP contribution in [0.3, 0.4) is 0 Å². The smallest absolute Gasteiger partial charge is 0.240 e. The molecule has 1 N–H and O–H groups in total. The zero-order valence-electron chi connectivity index (χ0n) is 12.4. The number of fused-ring (bicyclic) bond motifs is 1. The van der Waals surface area contributed by atoms with E-state index in [1.165, 1.54) is 0 Å². The first kappa shape index (κ1) is 13.6. The fourth-order valence-electron chi connectivity index (χ4n) is 2.42. The van der Waals surface area contributed by atoms with Crippen LogP contribution in [0.4, 0.5) is 0 Å². The van der Waals surface area contributed by atoms with Gasteiger partial charge in [0.15, 0.2) is 0 Å². The maximum Gasteiger partial charge on any atom is 0.240 e. The Bertz CT molecular complexity index is 731. The van der Waals surface area contributed by atoms with Crippen molar-refractivity contribution in [2.45, 2.75) is 32.6 Å². The molecule has 0 spiro atoms. The molecule has 3 rings (SSSR count). The molecular weight excluding hydrogens is 268 g/mol. The fraction of sp³-hybridized carbons (Fsp3) is 0.400. The van der Waals surface area contributed by atoms with Crippen LogP contribution in [0.5, 0.6) is 5.88 Å². The Labute approximate surface area is 122 Å². The summed E-state index contributed by atoms with van der Waals surface area (Å²) in [4.78, 5) is 11.2. The predicted octanol–water partition coefficient (Wildman–Crippen LogP) is 2.08. The molecule has 0 bridgehead atoms. The average molecular weight is 286 g/mol. The second kappa shape index (κ2) is 5.20. The first-order valence-corrected chi connectivity index (χ1v) is 7.02. The molecule has 1 aliphatic rings. The van der Waals surface area contributed by atoms with Gasteiger partial charge < -0.3 is 4.74 Å². The molecule has 3 heterocycles. The van der Waals surface area contributed by atoms with Gasteiger partial charge in [0.05, 0.1) is 24.0 Å². The minimum absolute atomic E-state index is 0.0420. The van der Waals surface area contributed by atoms with Crippen LogP contribution >= 0.6 is 0 Å². The van der Waals surface area contributed by atoms with Crippen LogP contribution in [0.25, 0.3) is 5.52 Å². The molecule has 6 heteroatoms. The van der Waals surface area contributed by atoms with Crippen LogP contribution in [0.2, 0.25) is 0 Å². The molecule has 0 saturated heterocycles. The number of aromatic nitrogens is 2. The van der Waals surface area contributed by atoms with Crippen molar-refractivity contribution in [2.75, 3.05) is 7.11 Å². The molecule has 0 radical (unpaired) electrons. The highest BCUT2D eigenvalue weighted by molar-refractivity contribution is 6.08. The van der Waals surface area contributed by atoms with E-state index in [1.54, 1.807) is 11.6 Å².